The highest BCUT2D eigenvalue weighted by molar-refractivity contribution is 5.94. The molecule has 0 atom stereocenters. The van der Waals surface area contributed by atoms with Gasteiger partial charge in [-0.2, -0.15) is 0 Å². The Hall–Kier alpha value is -3.54. The van der Waals surface area contributed by atoms with Crippen LogP contribution in [0.2, 0.25) is 0 Å². The molecule has 0 saturated carbocycles. The van der Waals surface area contributed by atoms with E-state index in [9.17, 15) is 9.59 Å². The Morgan fingerprint density at radius 3 is 1.21 bits per heavy atom. The van der Waals surface area contributed by atoms with Gasteiger partial charge in [-0.15, -0.1) is 0 Å². The summed E-state index contributed by atoms with van der Waals surface area (Å²) >= 11 is 0. The number of ether oxygens (including phenoxy) is 4. The number of allylic oxidation sites excluding steroid dienone is 2. The van der Waals surface area contributed by atoms with E-state index >= 15 is 0 Å². The highest BCUT2D eigenvalue weighted by Crippen LogP contribution is 2.24. The van der Waals surface area contributed by atoms with E-state index < -0.39 is 11.9 Å². The zero-order valence-electron chi connectivity index (χ0n) is 15.6. The fourth-order valence-corrected chi connectivity index (χ4v) is 2.60. The third kappa shape index (κ3) is 4.79. The summed E-state index contributed by atoms with van der Waals surface area (Å²) in [5.74, 6) is 1.34. The summed E-state index contributed by atoms with van der Waals surface area (Å²) in [6.07, 6.45) is 4.00. The number of hydrogen-bond donors (Lipinski definition) is 0. The quantitative estimate of drug-likeness (QED) is 0.560. The van der Waals surface area contributed by atoms with E-state index in [2.05, 4.69) is 0 Å². The monoisotopic (exact) mass is 380 g/mol. The topological polar surface area (TPSA) is 71.1 Å². The van der Waals surface area contributed by atoms with E-state index in [1.54, 1.807) is 74.9 Å². The third-order valence-corrected chi connectivity index (χ3v) is 4.20. The first-order chi connectivity index (χ1) is 13.6. The largest absolute Gasteiger partial charge is 0.497 e. The first kappa shape index (κ1) is 19.2. The molecule has 3 rings (SSSR count). The van der Waals surface area contributed by atoms with Gasteiger partial charge in [0.1, 0.15) is 23.0 Å². The van der Waals surface area contributed by atoms with Crippen LogP contribution in [-0.4, -0.2) is 26.2 Å². The predicted octanol–water partition coefficient (Wildman–Crippen LogP) is 3.86. The molecule has 0 amide bonds. The molecule has 6 nitrogen and oxygen atoms in total. The van der Waals surface area contributed by atoms with Gasteiger partial charge in [0, 0.05) is 11.1 Å². The van der Waals surface area contributed by atoms with Crippen LogP contribution in [0.15, 0.2) is 71.8 Å². The van der Waals surface area contributed by atoms with Crippen molar-refractivity contribution >= 4 is 11.9 Å². The Morgan fingerprint density at radius 2 is 0.929 bits per heavy atom. The lowest BCUT2D eigenvalue weighted by Gasteiger charge is -2.13. The van der Waals surface area contributed by atoms with Crippen LogP contribution in [0.4, 0.5) is 0 Å². The molecule has 0 fully saturated rings. The maximum Gasteiger partial charge on any atom is 0.339 e. The van der Waals surface area contributed by atoms with Crippen LogP contribution in [0, 0.1) is 0 Å². The number of carbonyl (C=O) groups excluding carboxylic acids is 2. The molecule has 6 heteroatoms. The fourth-order valence-electron chi connectivity index (χ4n) is 2.60. The van der Waals surface area contributed by atoms with Gasteiger partial charge in [0.15, 0.2) is 0 Å². The second kappa shape index (κ2) is 8.90. The molecule has 0 radical (unpaired) electrons. The van der Waals surface area contributed by atoms with Gasteiger partial charge >= 0.3 is 11.9 Å². The summed E-state index contributed by atoms with van der Waals surface area (Å²) in [5.41, 5.74) is 0.994. The Balaban J connectivity index is 1.54. The number of benzene rings is 2. The van der Waals surface area contributed by atoms with Crippen molar-refractivity contribution in [3.63, 3.8) is 0 Å². The standard InChI is InChI=1S/C22H20O6/c1-25-17-7-11-19(12-8-17)27-21(23)15-3-5-16(6-4-15)22(24)28-20-13-9-18(26-2)10-14-20/h3,6-14H,4-5H2,1-2H3. The van der Waals surface area contributed by atoms with Crippen molar-refractivity contribution < 1.29 is 28.5 Å². The first-order valence-electron chi connectivity index (χ1n) is 8.69. The molecule has 28 heavy (non-hydrogen) atoms. The normalized spacial score (nSPS) is 13.1. The van der Waals surface area contributed by atoms with Gasteiger partial charge in [-0.05, 0) is 61.4 Å². The van der Waals surface area contributed by atoms with Crippen molar-refractivity contribution in [2.24, 2.45) is 0 Å². The fraction of sp³-hybridized carbons (Fsp3) is 0.182. The summed E-state index contributed by atoms with van der Waals surface area (Å²) in [6, 6.07) is 13.5. The smallest absolute Gasteiger partial charge is 0.339 e. The number of esters is 2. The molecule has 0 aromatic heterocycles. The van der Waals surface area contributed by atoms with Gasteiger partial charge in [0.25, 0.3) is 0 Å². The molecule has 144 valence electrons. The number of carbonyl (C=O) groups is 2. The molecular weight excluding hydrogens is 360 g/mol. The van der Waals surface area contributed by atoms with Gasteiger partial charge in [-0.25, -0.2) is 9.59 Å². The van der Waals surface area contributed by atoms with Crippen LogP contribution in [0.5, 0.6) is 23.0 Å². The maximum absolute atomic E-state index is 12.3. The van der Waals surface area contributed by atoms with Crippen LogP contribution in [0.1, 0.15) is 12.8 Å². The summed E-state index contributed by atoms with van der Waals surface area (Å²) in [7, 11) is 3.13. The lowest BCUT2D eigenvalue weighted by molar-refractivity contribution is -0.131. The Kier molecular flexibility index (Phi) is 6.11. The molecule has 0 heterocycles. The van der Waals surface area contributed by atoms with Gasteiger partial charge in [0.2, 0.25) is 0 Å². The molecule has 0 saturated heterocycles. The molecular formula is C22H20O6. The second-order valence-corrected chi connectivity index (χ2v) is 6.00. The number of methoxy groups -OCH3 is 2. The van der Waals surface area contributed by atoms with Crippen molar-refractivity contribution in [2.45, 2.75) is 12.8 Å². The zero-order chi connectivity index (χ0) is 19.9. The lowest BCUT2D eigenvalue weighted by atomic mass is 9.99. The average molecular weight is 380 g/mol. The molecule has 0 bridgehead atoms. The summed E-state index contributed by atoms with van der Waals surface area (Å²) in [6.45, 7) is 0. The summed E-state index contributed by atoms with van der Waals surface area (Å²) < 4.78 is 20.8. The summed E-state index contributed by atoms with van der Waals surface area (Å²) in [5, 5.41) is 0. The van der Waals surface area contributed by atoms with Crippen molar-refractivity contribution in [3.8, 4) is 23.0 Å². The molecule has 1 aliphatic rings. The van der Waals surface area contributed by atoms with Crippen LogP contribution in [-0.2, 0) is 9.59 Å². The van der Waals surface area contributed by atoms with Gasteiger partial charge in [-0.1, -0.05) is 12.2 Å². The third-order valence-electron chi connectivity index (χ3n) is 4.20. The molecule has 0 N–H and O–H groups in total. The van der Waals surface area contributed by atoms with Crippen molar-refractivity contribution in [2.75, 3.05) is 14.2 Å². The van der Waals surface area contributed by atoms with E-state index in [0.717, 1.165) is 0 Å². The van der Waals surface area contributed by atoms with Crippen LogP contribution >= 0.6 is 0 Å². The molecule has 1 aliphatic carbocycles. The van der Waals surface area contributed by atoms with E-state index in [1.807, 2.05) is 0 Å². The van der Waals surface area contributed by atoms with Gasteiger partial charge < -0.3 is 18.9 Å². The Labute approximate surface area is 163 Å². The first-order valence-corrected chi connectivity index (χ1v) is 8.69. The highest BCUT2D eigenvalue weighted by Gasteiger charge is 2.19. The minimum atomic E-state index is -0.441. The number of rotatable bonds is 6. The van der Waals surface area contributed by atoms with Crippen molar-refractivity contribution in [1.29, 1.82) is 0 Å². The lowest BCUT2D eigenvalue weighted by Crippen LogP contribution is -2.16. The van der Waals surface area contributed by atoms with Crippen LogP contribution in [0.25, 0.3) is 0 Å². The zero-order valence-corrected chi connectivity index (χ0v) is 15.6. The van der Waals surface area contributed by atoms with Crippen LogP contribution in [0.3, 0.4) is 0 Å². The molecule has 0 unspecified atom stereocenters. The second-order valence-electron chi connectivity index (χ2n) is 6.00. The predicted molar refractivity (Wildman–Crippen MR) is 103 cm³/mol. The maximum atomic E-state index is 12.3. The van der Waals surface area contributed by atoms with Crippen molar-refractivity contribution in [3.05, 3.63) is 71.8 Å². The molecule has 2 aromatic carbocycles. The highest BCUT2D eigenvalue weighted by atomic mass is 16.5. The minimum absolute atomic E-state index is 0.308. The van der Waals surface area contributed by atoms with Gasteiger partial charge in [0.05, 0.1) is 14.2 Å². The minimum Gasteiger partial charge on any atom is -0.497 e. The molecule has 0 spiro atoms. The Morgan fingerprint density at radius 1 is 0.607 bits per heavy atom. The molecule has 2 aromatic rings. The van der Waals surface area contributed by atoms with Crippen LogP contribution < -0.4 is 18.9 Å². The van der Waals surface area contributed by atoms with E-state index in [0.29, 0.717) is 47.0 Å². The average Bonchev–Trinajstić information content (AvgIpc) is 2.75. The number of hydrogen-bond acceptors (Lipinski definition) is 6. The SMILES string of the molecule is COc1ccc(OC(=O)C2=CCC(C(=O)Oc3ccc(OC)cc3)=CC2)cc1. The summed E-state index contributed by atoms with van der Waals surface area (Å²) in [4.78, 5) is 24.5. The Bertz CT molecular complexity index is 830. The molecule has 0 aliphatic heterocycles. The van der Waals surface area contributed by atoms with Gasteiger partial charge in [-0.3, -0.25) is 0 Å². The van der Waals surface area contributed by atoms with E-state index in [4.69, 9.17) is 18.9 Å². The van der Waals surface area contributed by atoms with E-state index in [1.165, 1.54) is 0 Å². The van der Waals surface area contributed by atoms with Crippen molar-refractivity contribution in [1.82, 2.24) is 0 Å². The van der Waals surface area contributed by atoms with E-state index in [-0.39, 0.29) is 0 Å².